The maximum atomic E-state index is 13.2. The van der Waals surface area contributed by atoms with Gasteiger partial charge in [0.15, 0.2) is 5.69 Å². The van der Waals surface area contributed by atoms with Crippen LogP contribution in [-0.4, -0.2) is 45.8 Å². The Labute approximate surface area is 177 Å². The number of amides is 1. The average molecular weight is 423 g/mol. The first-order valence-electron chi connectivity index (χ1n) is 9.98. The maximum absolute atomic E-state index is 13.2. The van der Waals surface area contributed by atoms with Crippen molar-refractivity contribution in [3.63, 3.8) is 0 Å². The molecule has 1 atom stereocenters. The van der Waals surface area contributed by atoms with Crippen LogP contribution in [0.2, 0.25) is 0 Å². The van der Waals surface area contributed by atoms with Gasteiger partial charge in [0.05, 0.1) is 17.4 Å². The normalized spacial score (nSPS) is 20.0. The highest BCUT2D eigenvalue weighted by Gasteiger charge is 2.48. The van der Waals surface area contributed by atoms with Gasteiger partial charge in [0.2, 0.25) is 0 Å². The van der Waals surface area contributed by atoms with Crippen LogP contribution in [0.4, 0.5) is 0 Å². The Kier molecular flexibility index (Phi) is 4.47. The van der Waals surface area contributed by atoms with Crippen LogP contribution in [0.5, 0.6) is 5.75 Å². The van der Waals surface area contributed by atoms with E-state index in [9.17, 15) is 9.59 Å². The van der Waals surface area contributed by atoms with Crippen molar-refractivity contribution in [2.45, 2.75) is 31.7 Å². The van der Waals surface area contributed by atoms with Crippen molar-refractivity contribution in [3.05, 3.63) is 62.3 Å². The number of fused-ring (bicyclic) bond motifs is 2. The summed E-state index contributed by atoms with van der Waals surface area (Å²) in [6.07, 6.45) is 1.61. The standard InChI is InChI=1S/C22H22N4O3S/c1-14-7-12-30-18(14)20(28)25-10-8-22(13-25)9-11-26-19(27)17(23-24-21(22)26)15-3-5-16(29-2)6-4-15/h3-7,12H,8-11,13H2,1-2H3/t22-/m1/s1. The third-order valence-electron chi connectivity index (χ3n) is 6.30. The molecule has 154 valence electrons. The molecular formula is C22H22N4O3S. The lowest BCUT2D eigenvalue weighted by Gasteiger charge is -2.23. The van der Waals surface area contributed by atoms with Crippen LogP contribution >= 0.6 is 11.3 Å². The molecule has 1 amide bonds. The summed E-state index contributed by atoms with van der Waals surface area (Å²) in [5.74, 6) is 1.51. The number of aromatic nitrogens is 3. The van der Waals surface area contributed by atoms with Gasteiger partial charge in [0.25, 0.3) is 11.5 Å². The van der Waals surface area contributed by atoms with Gasteiger partial charge in [0, 0.05) is 25.2 Å². The Morgan fingerprint density at radius 1 is 1.13 bits per heavy atom. The van der Waals surface area contributed by atoms with Gasteiger partial charge in [-0.1, -0.05) is 0 Å². The zero-order valence-corrected chi connectivity index (χ0v) is 17.7. The van der Waals surface area contributed by atoms with Gasteiger partial charge in [0.1, 0.15) is 11.6 Å². The second-order valence-corrected chi connectivity index (χ2v) is 8.91. The van der Waals surface area contributed by atoms with Crippen LogP contribution in [0, 0.1) is 6.92 Å². The van der Waals surface area contributed by atoms with Crippen molar-refractivity contribution >= 4 is 17.2 Å². The molecule has 0 saturated carbocycles. The highest BCUT2D eigenvalue weighted by atomic mass is 32.1. The summed E-state index contributed by atoms with van der Waals surface area (Å²) in [5, 5.41) is 10.7. The van der Waals surface area contributed by atoms with E-state index in [2.05, 4.69) is 10.2 Å². The van der Waals surface area contributed by atoms with Crippen LogP contribution in [0.15, 0.2) is 40.5 Å². The SMILES string of the molecule is COc1ccc(-c2nnc3n(c2=O)CC[C@@]32CCN(C(=O)c3sccc3C)C2)cc1. The Morgan fingerprint density at radius 3 is 2.60 bits per heavy atom. The molecule has 2 aliphatic heterocycles. The van der Waals surface area contributed by atoms with Gasteiger partial charge in [-0.3, -0.25) is 14.2 Å². The molecule has 1 saturated heterocycles. The zero-order chi connectivity index (χ0) is 20.9. The number of carbonyl (C=O) groups is 1. The number of likely N-dealkylation sites (tertiary alicyclic amines) is 1. The molecular weight excluding hydrogens is 400 g/mol. The van der Waals surface area contributed by atoms with Crippen molar-refractivity contribution in [1.29, 1.82) is 0 Å². The molecule has 1 aromatic carbocycles. The number of rotatable bonds is 3. The summed E-state index contributed by atoms with van der Waals surface area (Å²) >= 11 is 1.48. The predicted octanol–water partition coefficient (Wildman–Crippen LogP) is 2.87. The highest BCUT2D eigenvalue weighted by Crippen LogP contribution is 2.41. The minimum Gasteiger partial charge on any atom is -0.497 e. The van der Waals surface area contributed by atoms with Gasteiger partial charge in [-0.2, -0.15) is 0 Å². The lowest BCUT2D eigenvalue weighted by Crippen LogP contribution is -2.35. The van der Waals surface area contributed by atoms with Gasteiger partial charge >= 0.3 is 0 Å². The van der Waals surface area contributed by atoms with Crippen LogP contribution in [0.3, 0.4) is 0 Å². The molecule has 2 aliphatic rings. The highest BCUT2D eigenvalue weighted by molar-refractivity contribution is 7.12. The molecule has 0 radical (unpaired) electrons. The molecule has 4 heterocycles. The molecule has 3 aromatic rings. The number of aryl methyl sites for hydroxylation is 1. The summed E-state index contributed by atoms with van der Waals surface area (Å²) in [7, 11) is 1.61. The molecule has 0 N–H and O–H groups in total. The number of carbonyl (C=O) groups excluding carboxylic acids is 1. The van der Waals surface area contributed by atoms with E-state index in [0.29, 0.717) is 31.2 Å². The van der Waals surface area contributed by atoms with Crippen molar-refractivity contribution in [2.75, 3.05) is 20.2 Å². The van der Waals surface area contributed by atoms with Gasteiger partial charge in [-0.25, -0.2) is 0 Å². The molecule has 8 heteroatoms. The summed E-state index contributed by atoms with van der Waals surface area (Å²) in [4.78, 5) is 28.8. The molecule has 0 unspecified atom stereocenters. The fraction of sp³-hybridized carbons (Fsp3) is 0.364. The van der Waals surface area contributed by atoms with Gasteiger partial charge in [-0.05, 0) is 61.0 Å². The van der Waals surface area contributed by atoms with E-state index in [4.69, 9.17) is 4.74 Å². The number of thiophene rings is 1. The molecule has 7 nitrogen and oxygen atoms in total. The van der Waals surface area contributed by atoms with Crippen molar-refractivity contribution in [3.8, 4) is 17.0 Å². The Bertz CT molecular complexity index is 1180. The third-order valence-corrected chi connectivity index (χ3v) is 7.30. The zero-order valence-electron chi connectivity index (χ0n) is 16.9. The van der Waals surface area contributed by atoms with E-state index in [1.165, 1.54) is 11.3 Å². The summed E-state index contributed by atoms with van der Waals surface area (Å²) < 4.78 is 6.93. The van der Waals surface area contributed by atoms with E-state index >= 15 is 0 Å². The first-order valence-corrected chi connectivity index (χ1v) is 10.9. The summed E-state index contributed by atoms with van der Waals surface area (Å²) in [6.45, 7) is 3.82. The topological polar surface area (TPSA) is 77.3 Å². The van der Waals surface area contributed by atoms with E-state index in [-0.39, 0.29) is 16.9 Å². The smallest absolute Gasteiger partial charge is 0.280 e. The van der Waals surface area contributed by atoms with Crippen LogP contribution < -0.4 is 10.3 Å². The Morgan fingerprint density at radius 2 is 1.90 bits per heavy atom. The lowest BCUT2D eigenvalue weighted by molar-refractivity contribution is 0.0787. The van der Waals surface area contributed by atoms with E-state index in [1.54, 1.807) is 11.7 Å². The molecule has 0 bridgehead atoms. The van der Waals surface area contributed by atoms with Crippen LogP contribution in [0.25, 0.3) is 11.3 Å². The molecule has 1 spiro atoms. The molecule has 5 rings (SSSR count). The second kappa shape index (κ2) is 7.05. The number of benzene rings is 1. The van der Waals surface area contributed by atoms with Crippen LogP contribution in [-0.2, 0) is 12.0 Å². The largest absolute Gasteiger partial charge is 0.497 e. The second-order valence-electron chi connectivity index (χ2n) is 8.00. The quantitative estimate of drug-likeness (QED) is 0.649. The molecule has 2 aromatic heterocycles. The van der Waals surface area contributed by atoms with Gasteiger partial charge in [-0.15, -0.1) is 21.5 Å². The lowest BCUT2D eigenvalue weighted by atomic mass is 9.85. The molecule has 1 fully saturated rings. The third kappa shape index (κ3) is 2.86. The van der Waals surface area contributed by atoms with Crippen molar-refractivity contribution in [1.82, 2.24) is 19.7 Å². The minimum absolute atomic E-state index is 0.0722. The number of methoxy groups -OCH3 is 1. The first kappa shape index (κ1) is 19.0. The number of hydrogen-bond acceptors (Lipinski definition) is 6. The molecule has 30 heavy (non-hydrogen) atoms. The van der Waals surface area contributed by atoms with Crippen LogP contribution in [0.1, 0.15) is 33.9 Å². The number of ether oxygens (including phenoxy) is 1. The molecule has 0 aliphatic carbocycles. The van der Waals surface area contributed by atoms with E-state index < -0.39 is 0 Å². The summed E-state index contributed by atoms with van der Waals surface area (Å²) in [5.41, 5.74) is 1.67. The fourth-order valence-corrected chi connectivity index (χ4v) is 5.45. The monoisotopic (exact) mass is 422 g/mol. The van der Waals surface area contributed by atoms with Crippen molar-refractivity contribution < 1.29 is 9.53 Å². The van der Waals surface area contributed by atoms with Crippen molar-refractivity contribution in [2.24, 2.45) is 0 Å². The Hall–Kier alpha value is -3.00. The number of nitrogens with zero attached hydrogens (tertiary/aromatic N) is 4. The fourth-order valence-electron chi connectivity index (χ4n) is 4.55. The maximum Gasteiger partial charge on any atom is 0.280 e. The number of hydrogen-bond donors (Lipinski definition) is 0. The average Bonchev–Trinajstić information content (AvgIpc) is 3.48. The Balaban J connectivity index is 1.45. The van der Waals surface area contributed by atoms with E-state index in [0.717, 1.165) is 34.6 Å². The first-order chi connectivity index (χ1) is 14.5. The van der Waals surface area contributed by atoms with E-state index in [1.807, 2.05) is 47.5 Å². The summed E-state index contributed by atoms with van der Waals surface area (Å²) in [6, 6.07) is 9.23. The minimum atomic E-state index is -0.286. The predicted molar refractivity (Wildman–Crippen MR) is 114 cm³/mol. The van der Waals surface area contributed by atoms with Gasteiger partial charge < -0.3 is 9.64 Å².